The lowest BCUT2D eigenvalue weighted by Gasteiger charge is -2.12. The molecule has 0 aromatic rings. The summed E-state index contributed by atoms with van der Waals surface area (Å²) in [6.45, 7) is 0.0998. The summed E-state index contributed by atoms with van der Waals surface area (Å²) in [7, 11) is 0. The van der Waals surface area contributed by atoms with Gasteiger partial charge in [0, 0.05) is 6.08 Å². The van der Waals surface area contributed by atoms with Crippen LogP contribution < -0.4 is 5.32 Å². The summed E-state index contributed by atoms with van der Waals surface area (Å²) in [5, 5.41) is 10.7. The van der Waals surface area contributed by atoms with Crippen LogP contribution in [0, 0.1) is 11.3 Å². The molecule has 1 rings (SSSR count). The lowest BCUT2D eigenvalue weighted by Crippen LogP contribution is -2.21. The SMILES string of the molecule is N#CCNC(=O)C=C1CCCCC1. The molecule has 1 saturated carbocycles. The van der Waals surface area contributed by atoms with Gasteiger partial charge in [-0.15, -0.1) is 0 Å². The molecular formula is C10H14N2O. The fraction of sp³-hybridized carbons (Fsp3) is 0.600. The molecule has 0 heterocycles. The summed E-state index contributed by atoms with van der Waals surface area (Å²) in [4.78, 5) is 11.1. The number of rotatable bonds is 2. The van der Waals surface area contributed by atoms with Gasteiger partial charge in [0.1, 0.15) is 6.54 Å². The van der Waals surface area contributed by atoms with Gasteiger partial charge in [-0.1, -0.05) is 12.0 Å². The van der Waals surface area contributed by atoms with Gasteiger partial charge in [-0.3, -0.25) is 4.79 Å². The molecule has 1 N–H and O–H groups in total. The fourth-order valence-corrected chi connectivity index (χ4v) is 1.51. The van der Waals surface area contributed by atoms with Crippen molar-refractivity contribution in [3.05, 3.63) is 11.6 Å². The summed E-state index contributed by atoms with van der Waals surface area (Å²) in [5.74, 6) is -0.126. The van der Waals surface area contributed by atoms with Crippen molar-refractivity contribution < 1.29 is 4.79 Å². The van der Waals surface area contributed by atoms with E-state index in [4.69, 9.17) is 5.26 Å². The summed E-state index contributed by atoms with van der Waals surface area (Å²) in [6, 6.07) is 1.87. The standard InChI is InChI=1S/C10H14N2O/c11-6-7-12-10(13)8-9-4-2-1-3-5-9/h8H,1-5,7H2,(H,12,13). The van der Waals surface area contributed by atoms with Crippen LogP contribution in [-0.4, -0.2) is 12.5 Å². The van der Waals surface area contributed by atoms with Crippen LogP contribution in [0.5, 0.6) is 0 Å². The zero-order chi connectivity index (χ0) is 9.52. The second-order valence-corrected chi connectivity index (χ2v) is 3.24. The molecule has 1 amide bonds. The second kappa shape index (κ2) is 5.36. The van der Waals surface area contributed by atoms with E-state index in [-0.39, 0.29) is 12.5 Å². The van der Waals surface area contributed by atoms with E-state index in [1.165, 1.54) is 24.8 Å². The van der Waals surface area contributed by atoms with Crippen LogP contribution in [0.15, 0.2) is 11.6 Å². The molecule has 70 valence electrons. The zero-order valence-electron chi connectivity index (χ0n) is 7.68. The maximum absolute atomic E-state index is 11.1. The molecule has 1 aliphatic carbocycles. The zero-order valence-corrected chi connectivity index (χ0v) is 7.68. The van der Waals surface area contributed by atoms with Gasteiger partial charge in [-0.05, 0) is 25.7 Å². The van der Waals surface area contributed by atoms with Gasteiger partial charge in [-0.2, -0.15) is 5.26 Å². The van der Waals surface area contributed by atoms with E-state index in [0.29, 0.717) is 0 Å². The minimum absolute atomic E-state index is 0.0998. The predicted molar refractivity (Wildman–Crippen MR) is 49.8 cm³/mol. The quantitative estimate of drug-likeness (QED) is 0.515. The van der Waals surface area contributed by atoms with E-state index in [9.17, 15) is 4.79 Å². The number of hydrogen-bond donors (Lipinski definition) is 1. The Balaban J connectivity index is 2.35. The Hall–Kier alpha value is -1.30. The highest BCUT2D eigenvalue weighted by Crippen LogP contribution is 2.22. The maximum atomic E-state index is 11.1. The van der Waals surface area contributed by atoms with E-state index >= 15 is 0 Å². The highest BCUT2D eigenvalue weighted by Gasteiger charge is 2.06. The van der Waals surface area contributed by atoms with E-state index in [0.717, 1.165) is 12.8 Å². The average Bonchev–Trinajstić information content (AvgIpc) is 2.16. The van der Waals surface area contributed by atoms with Gasteiger partial charge in [0.05, 0.1) is 6.07 Å². The largest absolute Gasteiger partial charge is 0.339 e. The van der Waals surface area contributed by atoms with Gasteiger partial charge in [0.25, 0.3) is 0 Å². The number of nitrogens with one attached hydrogen (secondary N) is 1. The number of nitrogens with zero attached hydrogens (tertiary/aromatic N) is 1. The minimum Gasteiger partial charge on any atom is -0.339 e. The van der Waals surface area contributed by atoms with E-state index in [1.54, 1.807) is 6.08 Å². The fourth-order valence-electron chi connectivity index (χ4n) is 1.51. The monoisotopic (exact) mass is 178 g/mol. The summed E-state index contributed by atoms with van der Waals surface area (Å²) in [6.07, 6.45) is 7.39. The first-order valence-electron chi connectivity index (χ1n) is 4.67. The molecule has 0 bridgehead atoms. The van der Waals surface area contributed by atoms with E-state index in [1.807, 2.05) is 6.07 Å². The van der Waals surface area contributed by atoms with Crippen molar-refractivity contribution >= 4 is 5.91 Å². The molecule has 0 unspecified atom stereocenters. The van der Waals surface area contributed by atoms with Crippen LogP contribution in [0.25, 0.3) is 0 Å². The van der Waals surface area contributed by atoms with Crippen molar-refractivity contribution in [2.24, 2.45) is 0 Å². The molecule has 3 nitrogen and oxygen atoms in total. The predicted octanol–water partition coefficient (Wildman–Crippen LogP) is 1.52. The molecule has 0 radical (unpaired) electrons. The Morgan fingerprint density at radius 3 is 2.77 bits per heavy atom. The third-order valence-electron chi connectivity index (χ3n) is 2.17. The van der Waals surface area contributed by atoms with Crippen molar-refractivity contribution in [2.45, 2.75) is 32.1 Å². The van der Waals surface area contributed by atoms with Crippen LogP contribution >= 0.6 is 0 Å². The number of amides is 1. The molecular weight excluding hydrogens is 164 g/mol. The van der Waals surface area contributed by atoms with Crippen molar-refractivity contribution in [1.82, 2.24) is 5.32 Å². The third-order valence-corrected chi connectivity index (χ3v) is 2.17. The lowest BCUT2D eigenvalue weighted by atomic mass is 9.95. The molecule has 0 saturated heterocycles. The normalized spacial score (nSPS) is 16.1. The summed E-state index contributed by atoms with van der Waals surface area (Å²) < 4.78 is 0. The Morgan fingerprint density at radius 2 is 2.15 bits per heavy atom. The Kier molecular flexibility index (Phi) is 4.04. The van der Waals surface area contributed by atoms with Gasteiger partial charge in [0.15, 0.2) is 0 Å². The Morgan fingerprint density at radius 1 is 1.46 bits per heavy atom. The van der Waals surface area contributed by atoms with Gasteiger partial charge in [0.2, 0.25) is 5.91 Å². The van der Waals surface area contributed by atoms with Crippen LogP contribution in [0.3, 0.4) is 0 Å². The number of allylic oxidation sites excluding steroid dienone is 1. The molecule has 0 aromatic heterocycles. The molecule has 0 atom stereocenters. The minimum atomic E-state index is -0.126. The van der Waals surface area contributed by atoms with Crippen LogP contribution in [-0.2, 0) is 4.79 Å². The highest BCUT2D eigenvalue weighted by molar-refractivity contribution is 5.88. The molecule has 13 heavy (non-hydrogen) atoms. The third kappa shape index (κ3) is 3.75. The maximum Gasteiger partial charge on any atom is 0.244 e. The van der Waals surface area contributed by atoms with Crippen LogP contribution in [0.1, 0.15) is 32.1 Å². The number of carbonyl (C=O) groups is 1. The smallest absolute Gasteiger partial charge is 0.244 e. The van der Waals surface area contributed by atoms with E-state index in [2.05, 4.69) is 5.32 Å². The van der Waals surface area contributed by atoms with Crippen molar-refractivity contribution in [3.8, 4) is 6.07 Å². The highest BCUT2D eigenvalue weighted by atomic mass is 16.1. The topological polar surface area (TPSA) is 52.9 Å². The van der Waals surface area contributed by atoms with Crippen molar-refractivity contribution in [2.75, 3.05) is 6.54 Å². The molecule has 3 heteroatoms. The van der Waals surface area contributed by atoms with Crippen LogP contribution in [0.4, 0.5) is 0 Å². The van der Waals surface area contributed by atoms with E-state index < -0.39 is 0 Å². The van der Waals surface area contributed by atoms with Gasteiger partial charge >= 0.3 is 0 Å². The number of carbonyl (C=O) groups excluding carboxylic acids is 1. The van der Waals surface area contributed by atoms with Gasteiger partial charge in [-0.25, -0.2) is 0 Å². The second-order valence-electron chi connectivity index (χ2n) is 3.24. The first-order valence-corrected chi connectivity index (χ1v) is 4.67. The first-order chi connectivity index (χ1) is 6.33. The molecule has 1 fully saturated rings. The molecule has 0 aliphatic heterocycles. The Bertz CT molecular complexity index is 242. The number of hydrogen-bond acceptors (Lipinski definition) is 2. The molecule has 1 aliphatic rings. The van der Waals surface area contributed by atoms with Crippen LogP contribution in [0.2, 0.25) is 0 Å². The van der Waals surface area contributed by atoms with Gasteiger partial charge < -0.3 is 5.32 Å². The number of nitriles is 1. The summed E-state index contributed by atoms with van der Waals surface area (Å²) >= 11 is 0. The lowest BCUT2D eigenvalue weighted by molar-refractivity contribution is -0.116. The van der Waals surface area contributed by atoms with Crippen molar-refractivity contribution in [1.29, 1.82) is 5.26 Å². The molecule has 0 aromatic carbocycles. The summed E-state index contributed by atoms with van der Waals surface area (Å²) in [5.41, 5.74) is 1.22. The van der Waals surface area contributed by atoms with Crippen molar-refractivity contribution in [3.63, 3.8) is 0 Å². The average molecular weight is 178 g/mol. The molecule has 0 spiro atoms. The Labute approximate surface area is 78.4 Å². The first kappa shape index (κ1) is 9.79.